The molecular formula is C25H31N3O2Si. The summed E-state index contributed by atoms with van der Waals surface area (Å²) in [7, 11) is -0.518. The summed E-state index contributed by atoms with van der Waals surface area (Å²) in [5, 5.41) is 0.908. The van der Waals surface area contributed by atoms with Crippen LogP contribution in [0.15, 0.2) is 42.7 Å². The van der Waals surface area contributed by atoms with E-state index in [1.807, 2.05) is 22.8 Å². The van der Waals surface area contributed by atoms with Gasteiger partial charge in [-0.1, -0.05) is 47.5 Å². The van der Waals surface area contributed by atoms with E-state index in [0.29, 0.717) is 28.1 Å². The van der Waals surface area contributed by atoms with Crippen LogP contribution in [-0.4, -0.2) is 35.7 Å². The molecule has 0 fully saturated rings. The first kappa shape index (κ1) is 22.8. The lowest BCUT2D eigenvalue weighted by atomic mass is 10.1. The molecule has 3 rings (SSSR count). The van der Waals surface area contributed by atoms with E-state index in [2.05, 4.69) is 63.0 Å². The molecule has 2 aromatic heterocycles. The van der Waals surface area contributed by atoms with Crippen LogP contribution in [-0.2, 0) is 4.74 Å². The molecule has 6 heteroatoms. The van der Waals surface area contributed by atoms with Crippen LogP contribution >= 0.6 is 0 Å². The summed E-state index contributed by atoms with van der Waals surface area (Å²) in [5.41, 5.74) is 7.66. The third-order valence-corrected chi connectivity index (χ3v) is 12.5. The first-order valence-corrected chi connectivity index (χ1v) is 13.0. The van der Waals surface area contributed by atoms with Crippen molar-refractivity contribution in [1.29, 1.82) is 0 Å². The van der Waals surface area contributed by atoms with Crippen molar-refractivity contribution in [3.63, 3.8) is 0 Å². The van der Waals surface area contributed by atoms with E-state index in [9.17, 15) is 4.79 Å². The third-order valence-electron chi connectivity index (χ3n) is 6.25. The van der Waals surface area contributed by atoms with Gasteiger partial charge < -0.3 is 4.74 Å². The fourth-order valence-electron chi connectivity index (χ4n) is 4.78. The highest BCUT2D eigenvalue weighted by molar-refractivity contribution is 6.90. The average Bonchev–Trinajstić information content (AvgIpc) is 3.10. The van der Waals surface area contributed by atoms with E-state index in [4.69, 9.17) is 4.74 Å². The SMILES string of the molecule is COC(=O)c1ccc2c(c1)cc(C#C[Si](C(C)C)(C(C)C)C(C)C)n2-c1ncccn1. The molecule has 2 heterocycles. The first-order valence-electron chi connectivity index (χ1n) is 10.8. The van der Waals surface area contributed by atoms with Gasteiger partial charge in [0.1, 0.15) is 8.07 Å². The Balaban J connectivity index is 2.27. The lowest BCUT2D eigenvalue weighted by molar-refractivity contribution is 0.0601. The lowest BCUT2D eigenvalue weighted by Crippen LogP contribution is -2.43. The number of methoxy groups -OCH3 is 1. The van der Waals surface area contributed by atoms with Gasteiger partial charge in [-0.2, -0.15) is 0 Å². The Hall–Kier alpha value is -2.91. The molecule has 0 atom stereocenters. The van der Waals surface area contributed by atoms with Crippen molar-refractivity contribution in [2.75, 3.05) is 7.11 Å². The van der Waals surface area contributed by atoms with Gasteiger partial charge in [0, 0.05) is 17.8 Å². The standard InChI is InChI=1S/C25H31N3O2Si/c1-17(2)31(18(3)4,19(5)6)14-11-22-16-21-15-20(24(29)30-7)9-10-23(21)28(22)25-26-12-8-13-27-25/h8-10,12-13,15-19H,1-7H3. The minimum Gasteiger partial charge on any atom is -0.465 e. The second kappa shape index (κ2) is 9.07. The molecule has 162 valence electrons. The van der Waals surface area contributed by atoms with E-state index < -0.39 is 8.07 Å². The molecule has 0 unspecified atom stereocenters. The molecular weight excluding hydrogens is 402 g/mol. The summed E-state index contributed by atoms with van der Waals surface area (Å²) in [6.07, 6.45) is 3.45. The highest BCUT2D eigenvalue weighted by Gasteiger charge is 2.41. The zero-order valence-electron chi connectivity index (χ0n) is 19.4. The summed E-state index contributed by atoms with van der Waals surface area (Å²) in [4.78, 5) is 20.9. The molecule has 3 aromatic rings. The highest BCUT2D eigenvalue weighted by Crippen LogP contribution is 2.41. The third kappa shape index (κ3) is 4.15. The Morgan fingerprint density at radius 1 is 1.00 bits per heavy atom. The maximum Gasteiger partial charge on any atom is 0.337 e. The van der Waals surface area contributed by atoms with Crippen molar-refractivity contribution >= 4 is 24.9 Å². The number of hydrogen-bond donors (Lipinski definition) is 0. The number of fused-ring (bicyclic) bond motifs is 1. The number of hydrogen-bond acceptors (Lipinski definition) is 4. The summed E-state index contributed by atoms with van der Waals surface area (Å²) < 4.78 is 6.86. The maximum absolute atomic E-state index is 12.0. The Morgan fingerprint density at radius 3 is 2.16 bits per heavy atom. The van der Waals surface area contributed by atoms with Crippen LogP contribution in [0, 0.1) is 11.5 Å². The fourth-order valence-corrected chi connectivity index (χ4v) is 9.99. The van der Waals surface area contributed by atoms with Crippen LogP contribution < -0.4 is 0 Å². The van der Waals surface area contributed by atoms with Gasteiger partial charge in [-0.05, 0) is 47.0 Å². The van der Waals surface area contributed by atoms with Gasteiger partial charge >= 0.3 is 5.97 Å². The number of rotatable bonds is 5. The predicted molar refractivity (Wildman–Crippen MR) is 128 cm³/mol. The van der Waals surface area contributed by atoms with Crippen molar-refractivity contribution < 1.29 is 9.53 Å². The molecule has 0 aliphatic heterocycles. The van der Waals surface area contributed by atoms with Crippen LogP contribution in [0.5, 0.6) is 0 Å². The number of carbonyl (C=O) groups is 1. The number of carbonyl (C=O) groups excluding carboxylic acids is 1. The van der Waals surface area contributed by atoms with Gasteiger partial charge in [0.2, 0.25) is 5.95 Å². The van der Waals surface area contributed by atoms with E-state index in [-0.39, 0.29) is 5.97 Å². The highest BCUT2D eigenvalue weighted by atomic mass is 28.3. The molecule has 0 spiro atoms. The number of esters is 1. The van der Waals surface area contributed by atoms with Gasteiger partial charge in [0.15, 0.2) is 0 Å². The minimum absolute atomic E-state index is 0.357. The van der Waals surface area contributed by atoms with Crippen molar-refractivity contribution in [3.8, 4) is 17.4 Å². The largest absolute Gasteiger partial charge is 0.465 e. The summed E-state index contributed by atoms with van der Waals surface area (Å²) in [6.45, 7) is 13.8. The van der Waals surface area contributed by atoms with Gasteiger partial charge in [-0.25, -0.2) is 14.8 Å². The van der Waals surface area contributed by atoms with Gasteiger partial charge in [-0.3, -0.25) is 4.57 Å². The quantitative estimate of drug-likeness (QED) is 0.291. The molecule has 5 nitrogen and oxygen atoms in total. The minimum atomic E-state index is -1.91. The van der Waals surface area contributed by atoms with Crippen LogP contribution in [0.1, 0.15) is 57.6 Å². The Bertz CT molecular complexity index is 1120. The maximum atomic E-state index is 12.0. The van der Waals surface area contributed by atoms with Crippen LogP contribution in [0.25, 0.3) is 16.9 Å². The zero-order valence-corrected chi connectivity index (χ0v) is 20.4. The van der Waals surface area contributed by atoms with Crippen molar-refractivity contribution in [2.45, 2.75) is 58.2 Å². The van der Waals surface area contributed by atoms with E-state index >= 15 is 0 Å². The average molecular weight is 434 g/mol. The van der Waals surface area contributed by atoms with Gasteiger partial charge in [0.25, 0.3) is 0 Å². The summed E-state index contributed by atoms with van der Waals surface area (Å²) in [5.74, 6) is 3.74. The van der Waals surface area contributed by atoms with E-state index in [1.165, 1.54) is 7.11 Å². The Morgan fingerprint density at radius 2 is 1.61 bits per heavy atom. The molecule has 0 aliphatic rings. The number of nitrogens with zero attached hydrogens (tertiary/aromatic N) is 3. The van der Waals surface area contributed by atoms with E-state index in [1.54, 1.807) is 24.5 Å². The fraction of sp³-hybridized carbons (Fsp3) is 0.400. The Labute approximate surface area is 185 Å². The molecule has 0 radical (unpaired) electrons. The lowest BCUT2D eigenvalue weighted by Gasteiger charge is -2.38. The Kier molecular flexibility index (Phi) is 6.66. The van der Waals surface area contributed by atoms with Gasteiger partial charge in [0.05, 0.1) is 23.9 Å². The molecule has 0 saturated heterocycles. The first-order chi connectivity index (χ1) is 14.7. The molecule has 0 saturated carbocycles. The topological polar surface area (TPSA) is 57.0 Å². The molecule has 0 N–H and O–H groups in total. The van der Waals surface area contributed by atoms with Crippen molar-refractivity contribution in [1.82, 2.24) is 14.5 Å². The summed E-state index contributed by atoms with van der Waals surface area (Å²) in [6, 6.07) is 9.32. The number of ether oxygens (including phenoxy) is 1. The second-order valence-electron chi connectivity index (χ2n) is 8.83. The monoisotopic (exact) mass is 433 g/mol. The van der Waals surface area contributed by atoms with Crippen LogP contribution in [0.4, 0.5) is 0 Å². The van der Waals surface area contributed by atoms with Crippen molar-refractivity contribution in [3.05, 3.63) is 54.0 Å². The molecule has 0 aliphatic carbocycles. The molecule has 0 amide bonds. The van der Waals surface area contributed by atoms with Gasteiger partial charge in [-0.15, -0.1) is 5.54 Å². The number of benzene rings is 1. The summed E-state index contributed by atoms with van der Waals surface area (Å²) >= 11 is 0. The van der Waals surface area contributed by atoms with Crippen molar-refractivity contribution in [2.24, 2.45) is 0 Å². The van der Waals surface area contributed by atoms with Crippen LogP contribution in [0.3, 0.4) is 0 Å². The molecule has 0 bridgehead atoms. The molecule has 1 aromatic carbocycles. The second-order valence-corrected chi connectivity index (χ2v) is 14.4. The predicted octanol–water partition coefficient (Wildman–Crippen LogP) is 5.78. The smallest absolute Gasteiger partial charge is 0.337 e. The normalized spacial score (nSPS) is 11.8. The van der Waals surface area contributed by atoms with E-state index in [0.717, 1.165) is 16.6 Å². The molecule has 31 heavy (non-hydrogen) atoms. The van der Waals surface area contributed by atoms with Crippen LogP contribution in [0.2, 0.25) is 16.6 Å². The number of aromatic nitrogens is 3. The zero-order chi connectivity index (χ0) is 22.8.